The van der Waals surface area contributed by atoms with Gasteiger partial charge < -0.3 is 15.0 Å². The highest BCUT2D eigenvalue weighted by atomic mass is 16.5. The van der Waals surface area contributed by atoms with Crippen LogP contribution in [0.3, 0.4) is 0 Å². The van der Waals surface area contributed by atoms with Crippen LogP contribution in [0.1, 0.15) is 25.3 Å². The lowest BCUT2D eigenvalue weighted by atomic mass is 10.2. The van der Waals surface area contributed by atoms with Crippen molar-refractivity contribution >= 4 is 5.82 Å². The summed E-state index contributed by atoms with van der Waals surface area (Å²) in [6.07, 6.45) is 4.43. The van der Waals surface area contributed by atoms with E-state index in [0.717, 1.165) is 32.1 Å². The predicted octanol–water partition coefficient (Wildman–Crippen LogP) is 1.81. The van der Waals surface area contributed by atoms with Gasteiger partial charge in [0, 0.05) is 44.5 Å². The molecule has 2 heterocycles. The Bertz CT molecular complexity index is 370. The molecule has 2 rings (SSSR count). The van der Waals surface area contributed by atoms with Gasteiger partial charge >= 0.3 is 0 Å². The molecular formula is C14H23N3O. The van der Waals surface area contributed by atoms with Gasteiger partial charge in [-0.15, -0.1) is 0 Å². The molecule has 1 aliphatic rings. The van der Waals surface area contributed by atoms with E-state index in [1.165, 1.54) is 18.4 Å². The molecule has 1 atom stereocenters. The molecule has 0 aliphatic carbocycles. The summed E-state index contributed by atoms with van der Waals surface area (Å²) in [5.41, 5.74) is 1.28. The van der Waals surface area contributed by atoms with Crippen molar-refractivity contribution in [3.8, 4) is 0 Å². The van der Waals surface area contributed by atoms with Crippen molar-refractivity contribution in [2.24, 2.45) is 0 Å². The van der Waals surface area contributed by atoms with Crippen LogP contribution in [-0.4, -0.2) is 37.8 Å². The third-order valence-corrected chi connectivity index (χ3v) is 3.49. The van der Waals surface area contributed by atoms with Gasteiger partial charge in [-0.3, -0.25) is 0 Å². The maximum Gasteiger partial charge on any atom is 0.133 e. The van der Waals surface area contributed by atoms with Crippen LogP contribution in [0, 0.1) is 0 Å². The number of rotatable bonds is 6. The Hall–Kier alpha value is -1.13. The normalized spacial score (nSPS) is 19.4. The maximum absolute atomic E-state index is 5.04. The smallest absolute Gasteiger partial charge is 0.133 e. The Balaban J connectivity index is 2.01. The Morgan fingerprint density at radius 2 is 2.44 bits per heavy atom. The van der Waals surface area contributed by atoms with Gasteiger partial charge in [0.2, 0.25) is 0 Å². The van der Waals surface area contributed by atoms with Gasteiger partial charge in [-0.05, 0) is 25.8 Å². The molecule has 1 aromatic rings. The van der Waals surface area contributed by atoms with Gasteiger partial charge in [-0.2, -0.15) is 0 Å². The second-order valence-corrected chi connectivity index (χ2v) is 4.84. The summed E-state index contributed by atoms with van der Waals surface area (Å²) < 4.78 is 5.04. The van der Waals surface area contributed by atoms with Crippen molar-refractivity contribution in [1.29, 1.82) is 0 Å². The zero-order valence-corrected chi connectivity index (χ0v) is 11.4. The van der Waals surface area contributed by atoms with E-state index in [1.807, 2.05) is 12.3 Å². The summed E-state index contributed by atoms with van der Waals surface area (Å²) >= 11 is 0. The van der Waals surface area contributed by atoms with Crippen molar-refractivity contribution < 1.29 is 4.74 Å². The molecule has 0 saturated carbocycles. The second-order valence-electron chi connectivity index (χ2n) is 4.84. The molecule has 0 aromatic carbocycles. The number of nitrogens with zero attached hydrogens (tertiary/aromatic N) is 2. The average molecular weight is 249 g/mol. The molecule has 100 valence electrons. The summed E-state index contributed by atoms with van der Waals surface area (Å²) in [5.74, 6) is 1.15. The standard InChI is InChI=1S/C14H23N3O/c1-12-5-4-9-17(12)14-13(6-3-7-16-14)11-15-8-10-18-2/h3,6-7,12,15H,4-5,8-11H2,1-2H3. The van der Waals surface area contributed by atoms with E-state index in [-0.39, 0.29) is 0 Å². The Morgan fingerprint density at radius 3 is 3.17 bits per heavy atom. The molecule has 1 aliphatic heterocycles. The maximum atomic E-state index is 5.04. The lowest BCUT2D eigenvalue weighted by Gasteiger charge is -2.25. The fourth-order valence-corrected chi connectivity index (χ4v) is 2.47. The van der Waals surface area contributed by atoms with Crippen LogP contribution in [0.15, 0.2) is 18.3 Å². The summed E-state index contributed by atoms with van der Waals surface area (Å²) in [4.78, 5) is 6.99. The van der Waals surface area contributed by atoms with Crippen LogP contribution in [0.2, 0.25) is 0 Å². The number of pyridine rings is 1. The summed E-state index contributed by atoms with van der Waals surface area (Å²) in [7, 11) is 1.73. The highest BCUT2D eigenvalue weighted by molar-refractivity contribution is 5.48. The highest BCUT2D eigenvalue weighted by Gasteiger charge is 2.23. The quantitative estimate of drug-likeness (QED) is 0.780. The molecule has 0 radical (unpaired) electrons. The Labute approximate surface area is 109 Å². The van der Waals surface area contributed by atoms with E-state index in [1.54, 1.807) is 7.11 Å². The van der Waals surface area contributed by atoms with Crippen LogP contribution >= 0.6 is 0 Å². The zero-order chi connectivity index (χ0) is 12.8. The van der Waals surface area contributed by atoms with Gasteiger partial charge in [0.15, 0.2) is 0 Å². The van der Waals surface area contributed by atoms with Gasteiger partial charge in [-0.25, -0.2) is 4.98 Å². The Morgan fingerprint density at radius 1 is 1.56 bits per heavy atom. The first kappa shape index (κ1) is 13.3. The molecule has 4 heteroatoms. The van der Waals surface area contributed by atoms with Crippen molar-refractivity contribution in [3.63, 3.8) is 0 Å². The van der Waals surface area contributed by atoms with Crippen molar-refractivity contribution in [1.82, 2.24) is 10.3 Å². The number of ether oxygens (including phenoxy) is 1. The van der Waals surface area contributed by atoms with Gasteiger partial charge in [0.05, 0.1) is 6.61 Å². The highest BCUT2D eigenvalue weighted by Crippen LogP contribution is 2.26. The second kappa shape index (κ2) is 6.71. The monoisotopic (exact) mass is 249 g/mol. The number of nitrogens with one attached hydrogen (secondary N) is 1. The van der Waals surface area contributed by atoms with Crippen LogP contribution < -0.4 is 10.2 Å². The van der Waals surface area contributed by atoms with Gasteiger partial charge in [0.1, 0.15) is 5.82 Å². The van der Waals surface area contributed by atoms with E-state index >= 15 is 0 Å². The molecule has 18 heavy (non-hydrogen) atoms. The van der Waals surface area contributed by atoms with E-state index in [2.05, 4.69) is 28.2 Å². The lowest BCUT2D eigenvalue weighted by Crippen LogP contribution is -2.29. The molecule has 0 amide bonds. The predicted molar refractivity (Wildman–Crippen MR) is 73.9 cm³/mol. The summed E-state index contributed by atoms with van der Waals surface area (Å²) in [6, 6.07) is 4.78. The minimum atomic E-state index is 0.609. The molecule has 1 N–H and O–H groups in total. The van der Waals surface area contributed by atoms with Gasteiger partial charge in [0.25, 0.3) is 0 Å². The average Bonchev–Trinajstić information content (AvgIpc) is 2.81. The molecule has 1 aromatic heterocycles. The largest absolute Gasteiger partial charge is 0.383 e. The fourth-order valence-electron chi connectivity index (χ4n) is 2.47. The van der Waals surface area contributed by atoms with E-state index in [4.69, 9.17) is 4.74 Å². The Kier molecular flexibility index (Phi) is 4.96. The van der Waals surface area contributed by atoms with E-state index in [9.17, 15) is 0 Å². The van der Waals surface area contributed by atoms with E-state index in [0.29, 0.717) is 6.04 Å². The number of hydrogen-bond donors (Lipinski definition) is 1. The number of methoxy groups -OCH3 is 1. The minimum Gasteiger partial charge on any atom is -0.383 e. The molecule has 1 saturated heterocycles. The first-order valence-electron chi connectivity index (χ1n) is 6.73. The van der Waals surface area contributed by atoms with Crippen LogP contribution in [0.5, 0.6) is 0 Å². The third kappa shape index (κ3) is 3.21. The topological polar surface area (TPSA) is 37.4 Å². The first-order chi connectivity index (χ1) is 8.83. The fraction of sp³-hybridized carbons (Fsp3) is 0.643. The minimum absolute atomic E-state index is 0.609. The lowest BCUT2D eigenvalue weighted by molar-refractivity contribution is 0.199. The van der Waals surface area contributed by atoms with Gasteiger partial charge in [-0.1, -0.05) is 6.07 Å². The number of hydrogen-bond acceptors (Lipinski definition) is 4. The summed E-state index contributed by atoms with van der Waals surface area (Å²) in [5, 5.41) is 3.39. The summed E-state index contributed by atoms with van der Waals surface area (Å²) in [6.45, 7) is 5.89. The third-order valence-electron chi connectivity index (χ3n) is 3.49. The van der Waals surface area contributed by atoms with Crippen molar-refractivity contribution in [2.75, 3.05) is 31.7 Å². The zero-order valence-electron chi connectivity index (χ0n) is 11.4. The van der Waals surface area contributed by atoms with Crippen molar-refractivity contribution in [2.45, 2.75) is 32.4 Å². The molecule has 0 spiro atoms. The van der Waals surface area contributed by atoms with Crippen LogP contribution in [0.25, 0.3) is 0 Å². The van der Waals surface area contributed by atoms with Crippen LogP contribution in [0.4, 0.5) is 5.82 Å². The van der Waals surface area contributed by atoms with Crippen molar-refractivity contribution in [3.05, 3.63) is 23.9 Å². The molecule has 0 bridgehead atoms. The SMILES string of the molecule is COCCNCc1cccnc1N1CCCC1C. The molecule has 1 fully saturated rings. The first-order valence-corrected chi connectivity index (χ1v) is 6.73. The molecular weight excluding hydrogens is 226 g/mol. The van der Waals surface area contributed by atoms with E-state index < -0.39 is 0 Å². The number of anilines is 1. The number of aromatic nitrogens is 1. The van der Waals surface area contributed by atoms with Crippen LogP contribution in [-0.2, 0) is 11.3 Å². The molecule has 1 unspecified atom stereocenters. The molecule has 4 nitrogen and oxygen atoms in total.